The Morgan fingerprint density at radius 1 is 1.03 bits per heavy atom. The zero-order valence-electron chi connectivity index (χ0n) is 16.2. The van der Waals surface area contributed by atoms with Gasteiger partial charge >= 0.3 is 0 Å². The predicted octanol–water partition coefficient (Wildman–Crippen LogP) is 2.07. The van der Waals surface area contributed by atoms with E-state index >= 15 is 0 Å². The van der Waals surface area contributed by atoms with Crippen molar-refractivity contribution < 1.29 is 43.8 Å². The van der Waals surface area contributed by atoms with Gasteiger partial charge in [-0.3, -0.25) is 4.94 Å². The lowest BCUT2D eigenvalue weighted by molar-refractivity contribution is -0.292. The van der Waals surface area contributed by atoms with Crippen molar-refractivity contribution in [3.8, 4) is 5.75 Å². The first-order valence-corrected chi connectivity index (χ1v) is 9.26. The van der Waals surface area contributed by atoms with Crippen LogP contribution in [0.2, 0.25) is 5.02 Å². The van der Waals surface area contributed by atoms with E-state index in [9.17, 15) is 24.2 Å². The molecule has 10 heteroatoms. The maximum Gasteiger partial charge on any atom is 0.207 e. The summed E-state index contributed by atoms with van der Waals surface area (Å²) in [6.07, 6.45) is -6.14. The van der Waals surface area contributed by atoms with Gasteiger partial charge in [0.15, 0.2) is 12.1 Å². The minimum atomic E-state index is -1.47. The fraction of sp³-hybridized carbons (Fsp3) is 0.400. The molecule has 2 aromatic carbocycles. The Kier molecular flexibility index (Phi) is 8.92. The van der Waals surface area contributed by atoms with Crippen molar-refractivity contribution in [2.24, 2.45) is 0 Å². The molecule has 1 heterocycles. The molecule has 0 aromatic heterocycles. The second kappa shape index (κ2) is 11.0. The second-order valence-electron chi connectivity index (χ2n) is 6.50. The Bertz CT molecular complexity index is 837. The molecule has 1 saturated heterocycles. The SMILES string of the molecule is CO.COC1OC(c2ccc(Cl)c(Cc3ccc(OF)c(F)c3)c2)C(O)C(O)C1O. The summed E-state index contributed by atoms with van der Waals surface area (Å²) in [7, 11) is 2.31. The molecule has 3 rings (SSSR count). The minimum absolute atomic E-state index is 0.220. The van der Waals surface area contributed by atoms with E-state index in [1.807, 2.05) is 0 Å². The van der Waals surface area contributed by atoms with Gasteiger partial charge in [-0.25, -0.2) is 4.39 Å². The Morgan fingerprint density at radius 2 is 1.73 bits per heavy atom. The molecular weight excluding hydrogens is 426 g/mol. The summed E-state index contributed by atoms with van der Waals surface area (Å²) >= 11 is 6.23. The van der Waals surface area contributed by atoms with Crippen LogP contribution < -0.4 is 4.94 Å². The minimum Gasteiger partial charge on any atom is -0.400 e. The third kappa shape index (κ3) is 5.25. The number of methoxy groups -OCH3 is 1. The zero-order valence-corrected chi connectivity index (χ0v) is 17.0. The van der Waals surface area contributed by atoms with Crippen LogP contribution in [0.4, 0.5) is 8.92 Å². The number of aliphatic hydroxyl groups is 4. The monoisotopic (exact) mass is 448 g/mol. The molecule has 0 spiro atoms. The molecule has 1 aliphatic rings. The van der Waals surface area contributed by atoms with E-state index in [1.165, 1.54) is 13.2 Å². The van der Waals surface area contributed by atoms with E-state index in [2.05, 4.69) is 4.94 Å². The molecule has 0 bridgehead atoms. The highest BCUT2D eigenvalue weighted by atomic mass is 35.5. The van der Waals surface area contributed by atoms with Crippen molar-refractivity contribution in [1.82, 2.24) is 0 Å². The molecule has 1 aliphatic heterocycles. The number of rotatable bonds is 5. The third-order valence-electron chi connectivity index (χ3n) is 4.67. The third-order valence-corrected chi connectivity index (χ3v) is 5.04. The van der Waals surface area contributed by atoms with Crippen LogP contribution in [0.1, 0.15) is 22.8 Å². The molecule has 30 heavy (non-hydrogen) atoms. The van der Waals surface area contributed by atoms with Crippen LogP contribution in [0.25, 0.3) is 0 Å². The normalized spacial score (nSPS) is 26.0. The van der Waals surface area contributed by atoms with Crippen molar-refractivity contribution >= 4 is 11.6 Å². The summed E-state index contributed by atoms with van der Waals surface area (Å²) in [4.78, 5) is 3.42. The summed E-state index contributed by atoms with van der Waals surface area (Å²) in [6.45, 7) is 0. The Hall–Kier alpha value is -1.85. The Morgan fingerprint density at radius 3 is 2.33 bits per heavy atom. The first kappa shape index (κ1) is 24.4. The van der Waals surface area contributed by atoms with E-state index in [-0.39, 0.29) is 6.42 Å². The average Bonchev–Trinajstić information content (AvgIpc) is 2.76. The lowest BCUT2D eigenvalue weighted by atomic mass is 9.92. The molecule has 5 unspecified atom stereocenters. The lowest BCUT2D eigenvalue weighted by Crippen LogP contribution is -2.54. The summed E-state index contributed by atoms with van der Waals surface area (Å²) in [5.74, 6) is -1.36. The number of benzene rings is 2. The van der Waals surface area contributed by atoms with Gasteiger partial charge in [0.2, 0.25) is 5.75 Å². The number of hydrogen-bond donors (Lipinski definition) is 4. The standard InChI is InChI=1S/C19H19ClF2O6.CH4O/c1-26-19-17(25)15(23)16(24)18(27-19)10-3-4-12(20)11(8-10)6-9-2-5-14(28-22)13(21)7-9;1-2/h2-5,7-8,15-19,23-25H,6H2,1H3;2H,1H3. The molecule has 0 amide bonds. The van der Waals surface area contributed by atoms with Gasteiger partial charge in [-0.05, 0) is 41.3 Å². The fourth-order valence-electron chi connectivity index (χ4n) is 3.16. The van der Waals surface area contributed by atoms with Gasteiger partial charge in [0.05, 0.1) is 0 Å². The first-order chi connectivity index (χ1) is 14.3. The largest absolute Gasteiger partial charge is 0.400 e. The highest BCUT2D eigenvalue weighted by molar-refractivity contribution is 6.31. The van der Waals surface area contributed by atoms with Crippen LogP contribution >= 0.6 is 11.6 Å². The molecule has 2 aromatic rings. The molecule has 5 atom stereocenters. The van der Waals surface area contributed by atoms with Crippen molar-refractivity contribution in [3.63, 3.8) is 0 Å². The van der Waals surface area contributed by atoms with Crippen molar-refractivity contribution in [2.75, 3.05) is 14.2 Å². The molecule has 0 saturated carbocycles. The van der Waals surface area contributed by atoms with Crippen LogP contribution in [0.3, 0.4) is 0 Å². The molecule has 0 aliphatic carbocycles. The van der Waals surface area contributed by atoms with Gasteiger partial charge in [-0.2, -0.15) is 0 Å². The highest BCUT2D eigenvalue weighted by Gasteiger charge is 2.44. The van der Waals surface area contributed by atoms with Gasteiger partial charge in [0.1, 0.15) is 24.4 Å². The van der Waals surface area contributed by atoms with E-state index in [1.54, 1.807) is 18.2 Å². The zero-order chi connectivity index (χ0) is 22.4. The summed E-state index contributed by atoms with van der Waals surface area (Å²) in [6, 6.07) is 8.62. The quantitative estimate of drug-likeness (QED) is 0.554. The van der Waals surface area contributed by atoms with Crippen LogP contribution in [0.5, 0.6) is 5.75 Å². The van der Waals surface area contributed by atoms with Crippen LogP contribution in [-0.4, -0.2) is 59.2 Å². The summed E-state index contributed by atoms with van der Waals surface area (Å²) in [5, 5.41) is 37.6. The predicted molar refractivity (Wildman–Crippen MR) is 103 cm³/mol. The first-order valence-electron chi connectivity index (χ1n) is 8.88. The van der Waals surface area contributed by atoms with Crippen LogP contribution in [0.15, 0.2) is 36.4 Å². The Labute approximate surface area is 176 Å². The smallest absolute Gasteiger partial charge is 0.207 e. The van der Waals surface area contributed by atoms with Crippen LogP contribution in [-0.2, 0) is 15.9 Å². The molecule has 7 nitrogen and oxygen atoms in total. The summed E-state index contributed by atoms with van der Waals surface area (Å²) < 4.78 is 36.5. The van der Waals surface area contributed by atoms with Gasteiger partial charge in [-0.1, -0.05) is 29.8 Å². The number of ether oxygens (including phenoxy) is 2. The van der Waals surface area contributed by atoms with E-state index in [0.717, 1.165) is 19.2 Å². The number of hydrogen-bond acceptors (Lipinski definition) is 7. The van der Waals surface area contributed by atoms with Gasteiger partial charge in [-0.15, -0.1) is 0 Å². The van der Waals surface area contributed by atoms with Gasteiger partial charge in [0, 0.05) is 23.8 Å². The van der Waals surface area contributed by atoms with E-state index in [0.29, 0.717) is 21.7 Å². The topological polar surface area (TPSA) is 109 Å². The highest BCUT2D eigenvalue weighted by Crippen LogP contribution is 2.34. The van der Waals surface area contributed by atoms with Gasteiger partial charge < -0.3 is 29.9 Å². The average molecular weight is 449 g/mol. The van der Waals surface area contributed by atoms with Crippen molar-refractivity contribution in [3.05, 3.63) is 63.9 Å². The molecule has 166 valence electrons. The van der Waals surface area contributed by atoms with E-state index < -0.39 is 42.3 Å². The second-order valence-corrected chi connectivity index (χ2v) is 6.91. The van der Waals surface area contributed by atoms with Crippen LogP contribution in [0, 0.1) is 5.82 Å². The van der Waals surface area contributed by atoms with E-state index in [4.69, 9.17) is 26.2 Å². The van der Waals surface area contributed by atoms with Crippen molar-refractivity contribution in [1.29, 1.82) is 0 Å². The number of halogens is 3. The molecule has 1 fully saturated rings. The fourth-order valence-corrected chi connectivity index (χ4v) is 3.35. The number of aliphatic hydroxyl groups excluding tert-OH is 4. The maximum atomic E-state index is 13.7. The van der Waals surface area contributed by atoms with Gasteiger partial charge in [0.25, 0.3) is 0 Å². The Balaban J connectivity index is 0.00000155. The summed E-state index contributed by atoms with van der Waals surface area (Å²) in [5.41, 5.74) is 1.61. The molecular formula is C20H23ClF2O7. The molecule has 4 N–H and O–H groups in total. The molecule has 0 radical (unpaired) electrons. The van der Waals surface area contributed by atoms with Crippen molar-refractivity contribution in [2.45, 2.75) is 37.1 Å². The maximum absolute atomic E-state index is 13.7. The lowest BCUT2D eigenvalue weighted by Gasteiger charge is -2.40.